The molecule has 0 aliphatic carbocycles. The van der Waals surface area contributed by atoms with Gasteiger partial charge < -0.3 is 15.8 Å². The van der Waals surface area contributed by atoms with Gasteiger partial charge in [0, 0.05) is 12.8 Å². The molecule has 86 valence electrons. The van der Waals surface area contributed by atoms with Crippen molar-refractivity contribution in [2.45, 2.75) is 18.9 Å². The summed E-state index contributed by atoms with van der Waals surface area (Å²) in [4.78, 5) is 8.63. The third-order valence-corrected chi connectivity index (χ3v) is 2.61. The average Bonchev–Trinajstić information content (AvgIpc) is 2.30. The number of anilines is 1. The molecule has 1 aliphatic heterocycles. The van der Waals surface area contributed by atoms with Crippen molar-refractivity contribution < 1.29 is 4.74 Å². The molecule has 2 rings (SSSR count). The highest BCUT2D eigenvalue weighted by atomic mass is 32.1. The van der Waals surface area contributed by atoms with Crippen molar-refractivity contribution in [1.29, 1.82) is 0 Å². The maximum Gasteiger partial charge on any atom is 0.223 e. The summed E-state index contributed by atoms with van der Waals surface area (Å²) in [5.74, 6) is 0.556. The minimum atomic E-state index is 0.273. The van der Waals surface area contributed by atoms with Crippen LogP contribution in [0.3, 0.4) is 0 Å². The lowest BCUT2D eigenvalue weighted by Gasteiger charge is -2.23. The second-order valence-electron chi connectivity index (χ2n) is 3.69. The standard InChI is InChI=1S/C10H14N4OS/c11-9(16)8-3-4-12-10(14-8)13-7-2-1-5-15-6-7/h3-4,7H,1-2,5-6H2,(H2,11,16)(H,12,13,14). The fourth-order valence-corrected chi connectivity index (χ4v) is 1.72. The van der Waals surface area contributed by atoms with Crippen LogP contribution in [0.2, 0.25) is 0 Å². The Morgan fingerprint density at radius 2 is 2.50 bits per heavy atom. The molecule has 2 heterocycles. The summed E-state index contributed by atoms with van der Waals surface area (Å²) in [6.07, 6.45) is 3.78. The third-order valence-electron chi connectivity index (χ3n) is 2.40. The van der Waals surface area contributed by atoms with Crippen molar-refractivity contribution in [1.82, 2.24) is 9.97 Å². The van der Waals surface area contributed by atoms with Crippen LogP contribution in [0.1, 0.15) is 18.5 Å². The third kappa shape index (κ3) is 2.86. The van der Waals surface area contributed by atoms with E-state index < -0.39 is 0 Å². The van der Waals surface area contributed by atoms with Gasteiger partial charge in [-0.25, -0.2) is 9.97 Å². The smallest absolute Gasteiger partial charge is 0.223 e. The molecule has 0 amide bonds. The minimum Gasteiger partial charge on any atom is -0.388 e. The summed E-state index contributed by atoms with van der Waals surface area (Å²) in [5.41, 5.74) is 6.09. The number of aromatic nitrogens is 2. The van der Waals surface area contributed by atoms with E-state index in [1.54, 1.807) is 12.3 Å². The zero-order chi connectivity index (χ0) is 11.4. The Morgan fingerprint density at radius 3 is 3.19 bits per heavy atom. The number of nitrogens with two attached hydrogens (primary N) is 1. The van der Waals surface area contributed by atoms with Gasteiger partial charge in [0.05, 0.1) is 12.6 Å². The maximum atomic E-state index is 5.50. The first kappa shape index (κ1) is 11.2. The lowest BCUT2D eigenvalue weighted by atomic mass is 10.1. The summed E-state index contributed by atoms with van der Waals surface area (Å²) in [6.45, 7) is 1.53. The first-order valence-electron chi connectivity index (χ1n) is 5.23. The number of nitrogens with one attached hydrogen (secondary N) is 1. The van der Waals surface area contributed by atoms with Crippen LogP contribution in [-0.2, 0) is 4.74 Å². The second kappa shape index (κ2) is 5.18. The van der Waals surface area contributed by atoms with Crippen molar-refractivity contribution in [2.24, 2.45) is 5.73 Å². The van der Waals surface area contributed by atoms with E-state index in [-0.39, 0.29) is 11.0 Å². The van der Waals surface area contributed by atoms with Crippen LogP contribution >= 0.6 is 12.2 Å². The lowest BCUT2D eigenvalue weighted by molar-refractivity contribution is 0.0874. The van der Waals surface area contributed by atoms with E-state index in [4.69, 9.17) is 22.7 Å². The van der Waals surface area contributed by atoms with Crippen LogP contribution in [0.15, 0.2) is 12.3 Å². The number of hydrogen-bond donors (Lipinski definition) is 2. The summed E-state index contributed by atoms with van der Waals surface area (Å²) in [7, 11) is 0. The zero-order valence-corrected chi connectivity index (χ0v) is 9.67. The van der Waals surface area contributed by atoms with Crippen LogP contribution in [0.4, 0.5) is 5.95 Å². The van der Waals surface area contributed by atoms with Crippen molar-refractivity contribution in [3.05, 3.63) is 18.0 Å². The van der Waals surface area contributed by atoms with Crippen LogP contribution in [0, 0.1) is 0 Å². The Morgan fingerprint density at radius 1 is 1.62 bits per heavy atom. The lowest BCUT2D eigenvalue weighted by Crippen LogP contribution is -2.31. The molecule has 0 radical (unpaired) electrons. The van der Waals surface area contributed by atoms with Crippen LogP contribution in [0.25, 0.3) is 0 Å². The molecule has 16 heavy (non-hydrogen) atoms. The number of hydrogen-bond acceptors (Lipinski definition) is 5. The van der Waals surface area contributed by atoms with E-state index in [0.717, 1.165) is 19.4 Å². The molecule has 5 nitrogen and oxygen atoms in total. The predicted molar refractivity (Wildman–Crippen MR) is 65.4 cm³/mol. The molecule has 1 aliphatic rings. The summed E-state index contributed by atoms with van der Waals surface area (Å²) in [6, 6.07) is 1.97. The first-order valence-corrected chi connectivity index (χ1v) is 5.63. The van der Waals surface area contributed by atoms with E-state index in [1.807, 2.05) is 0 Å². The van der Waals surface area contributed by atoms with E-state index in [9.17, 15) is 0 Å². The summed E-state index contributed by atoms with van der Waals surface area (Å²) >= 11 is 4.86. The minimum absolute atomic E-state index is 0.273. The van der Waals surface area contributed by atoms with Gasteiger partial charge in [-0.2, -0.15) is 0 Å². The molecule has 0 aromatic carbocycles. The molecule has 6 heteroatoms. The highest BCUT2D eigenvalue weighted by Crippen LogP contribution is 2.10. The zero-order valence-electron chi connectivity index (χ0n) is 8.85. The largest absolute Gasteiger partial charge is 0.388 e. The molecular formula is C10H14N4OS. The van der Waals surface area contributed by atoms with Crippen molar-refractivity contribution >= 4 is 23.2 Å². The number of thiocarbonyl (C=S) groups is 1. The Kier molecular flexibility index (Phi) is 3.63. The fourth-order valence-electron chi connectivity index (χ4n) is 1.60. The van der Waals surface area contributed by atoms with Gasteiger partial charge in [-0.1, -0.05) is 12.2 Å². The quantitative estimate of drug-likeness (QED) is 0.755. The monoisotopic (exact) mass is 238 g/mol. The fraction of sp³-hybridized carbons (Fsp3) is 0.500. The SMILES string of the molecule is NC(=S)c1ccnc(NC2CCCOC2)n1. The summed E-state index contributed by atoms with van der Waals surface area (Å²) < 4.78 is 5.36. The molecule has 1 unspecified atom stereocenters. The Bertz CT molecular complexity index is 379. The van der Waals surface area contributed by atoms with Gasteiger partial charge in [-0.05, 0) is 18.9 Å². The van der Waals surface area contributed by atoms with Gasteiger partial charge in [0.1, 0.15) is 10.7 Å². The van der Waals surface area contributed by atoms with Gasteiger partial charge in [-0.15, -0.1) is 0 Å². The average molecular weight is 238 g/mol. The Balaban J connectivity index is 2.02. The maximum absolute atomic E-state index is 5.50. The molecule has 3 N–H and O–H groups in total. The van der Waals surface area contributed by atoms with Gasteiger partial charge in [0.2, 0.25) is 5.95 Å². The van der Waals surface area contributed by atoms with Crippen LogP contribution < -0.4 is 11.1 Å². The molecule has 0 saturated carbocycles. The van der Waals surface area contributed by atoms with E-state index >= 15 is 0 Å². The van der Waals surface area contributed by atoms with Crippen molar-refractivity contribution in [2.75, 3.05) is 18.5 Å². The second-order valence-corrected chi connectivity index (χ2v) is 4.13. The van der Waals surface area contributed by atoms with E-state index in [1.165, 1.54) is 0 Å². The van der Waals surface area contributed by atoms with Crippen molar-refractivity contribution in [3.8, 4) is 0 Å². The molecular weight excluding hydrogens is 224 g/mol. The van der Waals surface area contributed by atoms with Gasteiger partial charge in [0.15, 0.2) is 0 Å². The number of nitrogens with zero attached hydrogens (tertiary/aromatic N) is 2. The topological polar surface area (TPSA) is 73.1 Å². The van der Waals surface area contributed by atoms with Crippen molar-refractivity contribution in [3.63, 3.8) is 0 Å². The van der Waals surface area contributed by atoms with Crippen LogP contribution in [-0.4, -0.2) is 34.2 Å². The normalized spacial score (nSPS) is 20.4. The molecule has 0 spiro atoms. The van der Waals surface area contributed by atoms with Gasteiger partial charge in [-0.3, -0.25) is 0 Å². The van der Waals surface area contributed by atoms with Gasteiger partial charge >= 0.3 is 0 Å². The van der Waals surface area contributed by atoms with Gasteiger partial charge in [0.25, 0.3) is 0 Å². The number of rotatable bonds is 3. The highest BCUT2D eigenvalue weighted by Gasteiger charge is 2.14. The molecule has 0 bridgehead atoms. The first-order chi connectivity index (χ1) is 7.75. The van der Waals surface area contributed by atoms with E-state index in [0.29, 0.717) is 18.2 Å². The highest BCUT2D eigenvalue weighted by molar-refractivity contribution is 7.80. The van der Waals surface area contributed by atoms with Crippen LogP contribution in [0.5, 0.6) is 0 Å². The Hall–Kier alpha value is -1.27. The molecule has 1 atom stereocenters. The molecule has 1 fully saturated rings. The Labute approximate surface area is 99.4 Å². The number of ether oxygens (including phenoxy) is 1. The molecule has 1 aromatic rings. The summed E-state index contributed by atoms with van der Waals surface area (Å²) in [5, 5.41) is 3.21. The van der Waals surface area contributed by atoms with E-state index in [2.05, 4.69) is 15.3 Å². The molecule has 1 aromatic heterocycles. The predicted octanol–water partition coefficient (Wildman–Crippen LogP) is 0.702. The molecule has 1 saturated heterocycles.